The van der Waals surface area contributed by atoms with Gasteiger partial charge in [0, 0.05) is 18.9 Å². The van der Waals surface area contributed by atoms with Crippen molar-refractivity contribution in [3.63, 3.8) is 0 Å². The maximum Gasteiger partial charge on any atom is 0.257 e. The number of ether oxygens (including phenoxy) is 3. The Morgan fingerprint density at radius 2 is 1.96 bits per heavy atom. The highest BCUT2D eigenvalue weighted by molar-refractivity contribution is 6.32. The topological polar surface area (TPSA) is 69.7 Å². The van der Waals surface area contributed by atoms with Crippen LogP contribution in [0, 0.1) is 0 Å². The number of benzene rings is 1. The summed E-state index contributed by atoms with van der Waals surface area (Å²) in [5, 5.41) is 3.21. The van der Waals surface area contributed by atoms with Gasteiger partial charge in [-0.05, 0) is 32.0 Å². The monoisotopic (exact) mass is 364 g/mol. The molecule has 1 aromatic carbocycles. The summed E-state index contributed by atoms with van der Waals surface area (Å²) in [4.78, 5) is 16.5. The number of para-hydroxylation sites is 1. The molecule has 1 N–H and O–H groups in total. The molecule has 134 valence electrons. The van der Waals surface area contributed by atoms with Crippen molar-refractivity contribution in [2.75, 3.05) is 31.7 Å². The number of amides is 1. The molecular weight excluding hydrogens is 344 g/mol. The molecule has 0 bridgehead atoms. The Labute approximate surface area is 152 Å². The van der Waals surface area contributed by atoms with Crippen LogP contribution in [0.5, 0.6) is 11.6 Å². The smallest absolute Gasteiger partial charge is 0.257 e. The van der Waals surface area contributed by atoms with Gasteiger partial charge in [-0.15, -0.1) is 0 Å². The van der Waals surface area contributed by atoms with Gasteiger partial charge in [0.15, 0.2) is 5.75 Å². The number of hydrogen-bond donors (Lipinski definition) is 1. The Balaban J connectivity index is 2.07. The number of rotatable bonds is 9. The third kappa shape index (κ3) is 5.62. The van der Waals surface area contributed by atoms with E-state index in [1.54, 1.807) is 30.3 Å². The van der Waals surface area contributed by atoms with Gasteiger partial charge < -0.3 is 19.5 Å². The summed E-state index contributed by atoms with van der Waals surface area (Å²) >= 11 is 6.18. The van der Waals surface area contributed by atoms with Crippen molar-refractivity contribution < 1.29 is 19.0 Å². The standard InChI is InChI=1S/C18H21ClN2O4/c1-3-23-10-11-25-17-14(19)6-5-7-15(17)21-18(22)13-8-9-16(20-12-13)24-4-2/h5-9,12H,3-4,10-11H2,1-2H3,(H,21,22). The first-order valence-corrected chi connectivity index (χ1v) is 8.42. The maximum absolute atomic E-state index is 12.4. The first kappa shape index (κ1) is 19.0. The van der Waals surface area contributed by atoms with Crippen molar-refractivity contribution in [3.8, 4) is 11.6 Å². The number of aromatic nitrogens is 1. The van der Waals surface area contributed by atoms with Gasteiger partial charge in [-0.1, -0.05) is 17.7 Å². The summed E-state index contributed by atoms with van der Waals surface area (Å²) < 4.78 is 16.2. The van der Waals surface area contributed by atoms with Crippen molar-refractivity contribution in [2.24, 2.45) is 0 Å². The molecule has 0 saturated heterocycles. The number of anilines is 1. The predicted molar refractivity (Wildman–Crippen MR) is 96.8 cm³/mol. The fourth-order valence-corrected chi connectivity index (χ4v) is 2.27. The Hall–Kier alpha value is -2.31. The average Bonchev–Trinajstić information content (AvgIpc) is 2.61. The van der Waals surface area contributed by atoms with E-state index in [0.717, 1.165) is 0 Å². The molecule has 2 rings (SSSR count). The third-order valence-electron chi connectivity index (χ3n) is 3.18. The summed E-state index contributed by atoms with van der Waals surface area (Å²) in [5.74, 6) is 0.574. The average molecular weight is 365 g/mol. The number of carbonyl (C=O) groups is 1. The maximum atomic E-state index is 12.4. The van der Waals surface area contributed by atoms with Gasteiger partial charge in [-0.3, -0.25) is 4.79 Å². The minimum absolute atomic E-state index is 0.313. The van der Waals surface area contributed by atoms with Gasteiger partial charge in [0.25, 0.3) is 5.91 Å². The summed E-state index contributed by atoms with van der Waals surface area (Å²) in [6.45, 7) is 5.69. The third-order valence-corrected chi connectivity index (χ3v) is 3.48. The fraction of sp³-hybridized carbons (Fsp3) is 0.333. The summed E-state index contributed by atoms with van der Waals surface area (Å²) in [6.07, 6.45) is 1.46. The van der Waals surface area contributed by atoms with E-state index in [9.17, 15) is 4.79 Å². The van der Waals surface area contributed by atoms with Crippen LogP contribution in [0.3, 0.4) is 0 Å². The van der Waals surface area contributed by atoms with E-state index in [0.29, 0.717) is 54.3 Å². The molecule has 1 amide bonds. The molecule has 0 radical (unpaired) electrons. The number of nitrogens with zero attached hydrogens (tertiary/aromatic N) is 1. The quantitative estimate of drug-likeness (QED) is 0.685. The van der Waals surface area contributed by atoms with Crippen LogP contribution >= 0.6 is 11.6 Å². The van der Waals surface area contributed by atoms with Crippen molar-refractivity contribution in [2.45, 2.75) is 13.8 Å². The Kier molecular flexibility index (Phi) is 7.50. The van der Waals surface area contributed by atoms with Gasteiger partial charge in [-0.25, -0.2) is 4.98 Å². The van der Waals surface area contributed by atoms with Crippen LogP contribution in [0.25, 0.3) is 0 Å². The zero-order valence-corrected chi connectivity index (χ0v) is 15.0. The highest BCUT2D eigenvalue weighted by atomic mass is 35.5. The number of carbonyl (C=O) groups excluding carboxylic acids is 1. The van der Waals surface area contributed by atoms with Crippen LogP contribution in [-0.4, -0.2) is 37.3 Å². The number of hydrogen-bond acceptors (Lipinski definition) is 5. The second kappa shape index (κ2) is 9.86. The van der Waals surface area contributed by atoms with Crippen molar-refractivity contribution in [1.29, 1.82) is 0 Å². The van der Waals surface area contributed by atoms with Gasteiger partial charge in [-0.2, -0.15) is 0 Å². The van der Waals surface area contributed by atoms with E-state index < -0.39 is 0 Å². The van der Waals surface area contributed by atoms with Crippen molar-refractivity contribution in [3.05, 3.63) is 47.1 Å². The lowest BCUT2D eigenvalue weighted by Gasteiger charge is -2.14. The molecule has 1 heterocycles. The molecule has 0 aliphatic carbocycles. The van der Waals surface area contributed by atoms with E-state index in [1.165, 1.54) is 6.20 Å². The zero-order chi connectivity index (χ0) is 18.1. The molecule has 0 aliphatic rings. The second-order valence-electron chi connectivity index (χ2n) is 4.93. The molecule has 25 heavy (non-hydrogen) atoms. The number of nitrogens with one attached hydrogen (secondary N) is 1. The molecule has 0 unspecified atom stereocenters. The zero-order valence-electron chi connectivity index (χ0n) is 14.3. The van der Waals surface area contributed by atoms with Crippen molar-refractivity contribution >= 4 is 23.2 Å². The van der Waals surface area contributed by atoms with Crippen LogP contribution in [0.1, 0.15) is 24.2 Å². The van der Waals surface area contributed by atoms with Gasteiger partial charge in [0.05, 0.1) is 29.5 Å². The lowest BCUT2D eigenvalue weighted by atomic mass is 10.2. The molecular formula is C18H21ClN2O4. The molecule has 6 nitrogen and oxygen atoms in total. The highest BCUT2D eigenvalue weighted by Crippen LogP contribution is 2.33. The predicted octanol–water partition coefficient (Wildman–Crippen LogP) is 3.80. The lowest BCUT2D eigenvalue weighted by Crippen LogP contribution is -2.14. The Morgan fingerprint density at radius 3 is 2.64 bits per heavy atom. The molecule has 0 saturated carbocycles. The van der Waals surface area contributed by atoms with Crippen LogP contribution < -0.4 is 14.8 Å². The minimum atomic E-state index is -0.313. The molecule has 1 aromatic heterocycles. The summed E-state index contributed by atoms with van der Waals surface area (Å²) in [7, 11) is 0. The summed E-state index contributed by atoms with van der Waals surface area (Å²) in [6, 6.07) is 8.46. The molecule has 0 fully saturated rings. The van der Waals surface area contributed by atoms with E-state index in [4.69, 9.17) is 25.8 Å². The number of halogens is 1. The normalized spacial score (nSPS) is 10.4. The van der Waals surface area contributed by atoms with Crippen LogP contribution in [0.15, 0.2) is 36.5 Å². The first-order chi connectivity index (χ1) is 12.2. The Morgan fingerprint density at radius 1 is 1.12 bits per heavy atom. The largest absolute Gasteiger partial charge is 0.487 e. The summed E-state index contributed by atoms with van der Waals surface area (Å²) in [5.41, 5.74) is 0.895. The van der Waals surface area contributed by atoms with E-state index >= 15 is 0 Å². The Bertz CT molecular complexity index is 692. The van der Waals surface area contributed by atoms with Gasteiger partial charge in [0.2, 0.25) is 5.88 Å². The molecule has 7 heteroatoms. The first-order valence-electron chi connectivity index (χ1n) is 8.05. The van der Waals surface area contributed by atoms with E-state index in [1.807, 2.05) is 13.8 Å². The second-order valence-corrected chi connectivity index (χ2v) is 5.34. The molecule has 0 aliphatic heterocycles. The van der Waals surface area contributed by atoms with E-state index in [-0.39, 0.29) is 5.91 Å². The highest BCUT2D eigenvalue weighted by Gasteiger charge is 2.13. The van der Waals surface area contributed by atoms with Crippen LogP contribution in [0.2, 0.25) is 5.02 Å². The van der Waals surface area contributed by atoms with Crippen LogP contribution in [0.4, 0.5) is 5.69 Å². The minimum Gasteiger partial charge on any atom is -0.487 e. The molecule has 0 spiro atoms. The SMILES string of the molecule is CCOCCOc1c(Cl)cccc1NC(=O)c1ccc(OCC)nc1. The molecule has 2 aromatic rings. The van der Waals surface area contributed by atoms with Gasteiger partial charge in [0.1, 0.15) is 6.61 Å². The van der Waals surface area contributed by atoms with Crippen molar-refractivity contribution in [1.82, 2.24) is 4.98 Å². The molecule has 0 atom stereocenters. The van der Waals surface area contributed by atoms with Gasteiger partial charge >= 0.3 is 0 Å². The number of pyridine rings is 1. The van der Waals surface area contributed by atoms with Crippen LogP contribution in [-0.2, 0) is 4.74 Å². The lowest BCUT2D eigenvalue weighted by molar-refractivity contribution is 0.102. The fourth-order valence-electron chi connectivity index (χ4n) is 2.04. The van der Waals surface area contributed by atoms with E-state index in [2.05, 4.69) is 10.3 Å².